The predicted molar refractivity (Wildman–Crippen MR) is 85.8 cm³/mol. The first-order chi connectivity index (χ1) is 9.01. The third kappa shape index (κ3) is 3.51. The molecule has 0 saturated carbocycles. The molecule has 0 bridgehead atoms. The highest BCUT2D eigenvalue weighted by molar-refractivity contribution is 7.12. The Labute approximate surface area is 128 Å². The Bertz CT molecular complexity index is 558. The van der Waals surface area contributed by atoms with Gasteiger partial charge in [0.2, 0.25) is 0 Å². The SMILES string of the molecule is CNC(Cc1ccc(Cl)cc1Cl)c1cc(C)c(C)s1. The fraction of sp³-hybridized carbons (Fsp3) is 0.333. The minimum absolute atomic E-state index is 0.288. The van der Waals surface area contributed by atoms with Gasteiger partial charge in [-0.05, 0) is 56.6 Å². The molecule has 1 aromatic heterocycles. The third-order valence-corrected chi connectivity index (χ3v) is 5.17. The number of benzene rings is 1. The first kappa shape index (κ1) is 14.9. The van der Waals surface area contributed by atoms with Crippen LogP contribution in [0.2, 0.25) is 10.0 Å². The zero-order valence-electron chi connectivity index (χ0n) is 11.3. The Morgan fingerprint density at radius 3 is 2.47 bits per heavy atom. The average molecular weight is 314 g/mol. The first-order valence-corrected chi connectivity index (χ1v) is 7.76. The van der Waals surface area contributed by atoms with E-state index in [0.29, 0.717) is 5.02 Å². The van der Waals surface area contributed by atoms with Crippen molar-refractivity contribution in [2.45, 2.75) is 26.3 Å². The second kappa shape index (κ2) is 6.27. The maximum absolute atomic E-state index is 6.25. The molecule has 2 rings (SSSR count). The lowest BCUT2D eigenvalue weighted by atomic mass is 10.0. The molecule has 2 aromatic rings. The largest absolute Gasteiger partial charge is 0.312 e. The van der Waals surface area contributed by atoms with Crippen LogP contribution in [0, 0.1) is 13.8 Å². The van der Waals surface area contributed by atoms with Crippen molar-refractivity contribution >= 4 is 34.5 Å². The quantitative estimate of drug-likeness (QED) is 0.820. The minimum Gasteiger partial charge on any atom is -0.312 e. The maximum atomic E-state index is 6.25. The van der Waals surface area contributed by atoms with E-state index >= 15 is 0 Å². The molecule has 0 aliphatic carbocycles. The van der Waals surface area contributed by atoms with Gasteiger partial charge in [-0.3, -0.25) is 0 Å². The summed E-state index contributed by atoms with van der Waals surface area (Å²) in [5.41, 5.74) is 2.47. The fourth-order valence-electron chi connectivity index (χ4n) is 2.03. The van der Waals surface area contributed by atoms with E-state index in [2.05, 4.69) is 25.2 Å². The summed E-state index contributed by atoms with van der Waals surface area (Å²) < 4.78 is 0. The summed E-state index contributed by atoms with van der Waals surface area (Å²) in [5.74, 6) is 0. The summed E-state index contributed by atoms with van der Waals surface area (Å²) in [5, 5.41) is 4.78. The van der Waals surface area contributed by atoms with Crippen LogP contribution in [0.15, 0.2) is 24.3 Å². The molecule has 4 heteroatoms. The van der Waals surface area contributed by atoms with Crippen molar-refractivity contribution in [3.63, 3.8) is 0 Å². The number of rotatable bonds is 4. The number of thiophene rings is 1. The third-order valence-electron chi connectivity index (χ3n) is 3.32. The summed E-state index contributed by atoms with van der Waals surface area (Å²) in [4.78, 5) is 2.72. The number of halogens is 2. The van der Waals surface area contributed by atoms with Crippen LogP contribution in [0.3, 0.4) is 0 Å². The summed E-state index contributed by atoms with van der Waals surface area (Å²) in [6.45, 7) is 4.31. The van der Waals surface area contributed by atoms with Crippen LogP contribution in [-0.4, -0.2) is 7.05 Å². The molecule has 0 spiro atoms. The van der Waals surface area contributed by atoms with Crippen LogP contribution in [0.4, 0.5) is 0 Å². The highest BCUT2D eigenvalue weighted by Gasteiger charge is 2.15. The predicted octanol–water partition coefficient (Wildman–Crippen LogP) is 5.17. The molecule has 102 valence electrons. The number of nitrogens with one attached hydrogen (secondary N) is 1. The fourth-order valence-corrected chi connectivity index (χ4v) is 3.66. The van der Waals surface area contributed by atoms with Crippen LogP contribution in [0.5, 0.6) is 0 Å². The average Bonchev–Trinajstić information content (AvgIpc) is 2.68. The molecule has 0 aliphatic heterocycles. The lowest BCUT2D eigenvalue weighted by Gasteiger charge is -2.15. The van der Waals surface area contributed by atoms with Gasteiger partial charge in [0, 0.05) is 25.8 Å². The Balaban J connectivity index is 2.23. The van der Waals surface area contributed by atoms with E-state index < -0.39 is 0 Å². The Morgan fingerprint density at radius 2 is 1.95 bits per heavy atom. The van der Waals surface area contributed by atoms with Crippen molar-refractivity contribution in [1.82, 2.24) is 5.32 Å². The molecule has 1 heterocycles. The maximum Gasteiger partial charge on any atom is 0.0453 e. The zero-order valence-corrected chi connectivity index (χ0v) is 13.6. The number of hydrogen-bond donors (Lipinski definition) is 1. The van der Waals surface area contributed by atoms with Gasteiger partial charge in [-0.25, -0.2) is 0 Å². The summed E-state index contributed by atoms with van der Waals surface area (Å²) >= 11 is 14.0. The Morgan fingerprint density at radius 1 is 1.21 bits per heavy atom. The number of likely N-dealkylation sites (N-methyl/N-ethyl adjacent to an activating group) is 1. The smallest absolute Gasteiger partial charge is 0.0453 e. The highest BCUT2D eigenvalue weighted by Crippen LogP contribution is 2.31. The van der Waals surface area contributed by atoms with E-state index in [1.165, 1.54) is 15.3 Å². The number of aryl methyl sites for hydroxylation is 2. The van der Waals surface area contributed by atoms with Gasteiger partial charge in [0.15, 0.2) is 0 Å². The van der Waals surface area contributed by atoms with Gasteiger partial charge in [-0.15, -0.1) is 11.3 Å². The first-order valence-electron chi connectivity index (χ1n) is 6.19. The second-order valence-electron chi connectivity index (χ2n) is 4.67. The van der Waals surface area contributed by atoms with Gasteiger partial charge in [0.05, 0.1) is 0 Å². The summed E-state index contributed by atoms with van der Waals surface area (Å²) in [6.07, 6.45) is 0.867. The molecule has 0 fully saturated rings. The van der Waals surface area contributed by atoms with E-state index in [1.807, 2.05) is 30.5 Å². The Kier molecular flexibility index (Phi) is 4.91. The monoisotopic (exact) mass is 313 g/mol. The van der Waals surface area contributed by atoms with Crippen LogP contribution in [-0.2, 0) is 6.42 Å². The van der Waals surface area contributed by atoms with Crippen molar-refractivity contribution in [1.29, 1.82) is 0 Å². The molecule has 1 unspecified atom stereocenters. The molecule has 1 N–H and O–H groups in total. The van der Waals surface area contributed by atoms with Crippen LogP contribution >= 0.6 is 34.5 Å². The van der Waals surface area contributed by atoms with Crippen LogP contribution in [0.1, 0.15) is 26.9 Å². The summed E-state index contributed by atoms with van der Waals surface area (Å²) in [6, 6.07) is 8.24. The molecular weight excluding hydrogens is 297 g/mol. The van der Waals surface area contributed by atoms with E-state index in [4.69, 9.17) is 23.2 Å². The molecule has 0 aliphatic rings. The minimum atomic E-state index is 0.288. The standard InChI is InChI=1S/C15H17Cl2NS/c1-9-6-15(19-10(9)2)14(18-3)7-11-4-5-12(16)8-13(11)17/h4-6,8,14,18H,7H2,1-3H3. The normalized spacial score (nSPS) is 12.7. The van der Waals surface area contributed by atoms with Gasteiger partial charge in [0.25, 0.3) is 0 Å². The van der Waals surface area contributed by atoms with E-state index in [-0.39, 0.29) is 6.04 Å². The Hall–Kier alpha value is -0.540. The molecule has 19 heavy (non-hydrogen) atoms. The van der Waals surface area contributed by atoms with Crippen LogP contribution in [0.25, 0.3) is 0 Å². The zero-order chi connectivity index (χ0) is 14.0. The van der Waals surface area contributed by atoms with Gasteiger partial charge in [0.1, 0.15) is 0 Å². The number of hydrogen-bond acceptors (Lipinski definition) is 2. The van der Waals surface area contributed by atoms with Gasteiger partial charge in [-0.1, -0.05) is 29.3 Å². The van der Waals surface area contributed by atoms with Crippen molar-refractivity contribution in [3.05, 3.63) is 55.2 Å². The molecule has 1 aromatic carbocycles. The summed E-state index contributed by atoms with van der Waals surface area (Å²) in [7, 11) is 1.98. The van der Waals surface area contributed by atoms with E-state index in [1.54, 1.807) is 6.07 Å². The molecule has 1 nitrogen and oxygen atoms in total. The second-order valence-corrected chi connectivity index (χ2v) is 6.80. The van der Waals surface area contributed by atoms with Gasteiger partial charge < -0.3 is 5.32 Å². The van der Waals surface area contributed by atoms with Crippen molar-refractivity contribution in [3.8, 4) is 0 Å². The van der Waals surface area contributed by atoms with Gasteiger partial charge in [-0.2, -0.15) is 0 Å². The van der Waals surface area contributed by atoms with E-state index in [9.17, 15) is 0 Å². The molecular formula is C15H17Cl2NS. The molecule has 0 saturated heterocycles. The lowest BCUT2D eigenvalue weighted by molar-refractivity contribution is 0.602. The van der Waals surface area contributed by atoms with Gasteiger partial charge >= 0.3 is 0 Å². The highest BCUT2D eigenvalue weighted by atomic mass is 35.5. The van der Waals surface area contributed by atoms with Crippen LogP contribution < -0.4 is 5.32 Å². The van der Waals surface area contributed by atoms with Crippen molar-refractivity contribution < 1.29 is 0 Å². The van der Waals surface area contributed by atoms with E-state index in [0.717, 1.165) is 17.0 Å². The lowest BCUT2D eigenvalue weighted by Crippen LogP contribution is -2.17. The van der Waals surface area contributed by atoms with Crippen molar-refractivity contribution in [2.75, 3.05) is 7.05 Å². The van der Waals surface area contributed by atoms with Crippen molar-refractivity contribution in [2.24, 2.45) is 0 Å². The topological polar surface area (TPSA) is 12.0 Å². The molecule has 0 amide bonds. The molecule has 1 atom stereocenters. The molecule has 0 radical (unpaired) electrons.